The van der Waals surface area contributed by atoms with Crippen LogP contribution >= 0.6 is 0 Å². The molecule has 1 heterocycles. The number of rotatable bonds is 5. The zero-order chi connectivity index (χ0) is 18.5. The molecule has 2 aromatic carbocycles. The van der Waals surface area contributed by atoms with Gasteiger partial charge in [-0.2, -0.15) is 0 Å². The molecule has 26 heavy (non-hydrogen) atoms. The first-order valence-electron chi connectivity index (χ1n) is 8.22. The quantitative estimate of drug-likeness (QED) is 0.732. The largest absolute Gasteiger partial charge is 0.347 e. The normalized spacial score (nSPS) is 10.4. The maximum absolute atomic E-state index is 12.9. The number of hydrogen-bond acceptors (Lipinski definition) is 4. The molecule has 0 spiro atoms. The summed E-state index contributed by atoms with van der Waals surface area (Å²) in [4.78, 5) is 12.1. The van der Waals surface area contributed by atoms with Crippen LogP contribution in [0, 0.1) is 19.7 Å². The van der Waals surface area contributed by atoms with Gasteiger partial charge in [0.2, 0.25) is 0 Å². The Labute approximate surface area is 151 Å². The Balaban J connectivity index is 1.62. The van der Waals surface area contributed by atoms with Crippen molar-refractivity contribution < 1.29 is 9.18 Å². The van der Waals surface area contributed by atoms with E-state index in [-0.39, 0.29) is 17.4 Å². The molecule has 3 rings (SSSR count). The summed E-state index contributed by atoms with van der Waals surface area (Å²) >= 11 is 0. The summed E-state index contributed by atoms with van der Waals surface area (Å²) < 4.78 is 12.9. The van der Waals surface area contributed by atoms with Crippen LogP contribution in [0.15, 0.2) is 54.6 Å². The van der Waals surface area contributed by atoms with Crippen LogP contribution in [0.4, 0.5) is 15.9 Å². The van der Waals surface area contributed by atoms with Gasteiger partial charge in [0.25, 0.3) is 5.91 Å². The van der Waals surface area contributed by atoms with Crippen molar-refractivity contribution in [1.82, 2.24) is 15.5 Å². The molecule has 0 aliphatic carbocycles. The lowest BCUT2D eigenvalue weighted by molar-refractivity contribution is 0.0945. The van der Waals surface area contributed by atoms with Gasteiger partial charge in [-0.15, -0.1) is 10.2 Å². The van der Waals surface area contributed by atoms with Crippen LogP contribution < -0.4 is 10.6 Å². The van der Waals surface area contributed by atoms with Crippen molar-refractivity contribution in [3.05, 3.63) is 82.8 Å². The second-order valence-electron chi connectivity index (χ2n) is 5.99. The topological polar surface area (TPSA) is 66.9 Å². The van der Waals surface area contributed by atoms with Crippen LogP contribution in [-0.4, -0.2) is 16.1 Å². The summed E-state index contributed by atoms with van der Waals surface area (Å²) in [6, 6.07) is 15.3. The molecule has 1 amide bonds. The number of benzene rings is 2. The molecule has 3 aromatic rings. The highest BCUT2D eigenvalue weighted by Crippen LogP contribution is 2.21. The van der Waals surface area contributed by atoms with E-state index in [0.717, 1.165) is 16.8 Å². The Morgan fingerprint density at radius 3 is 2.46 bits per heavy atom. The average molecular weight is 350 g/mol. The second kappa shape index (κ2) is 7.74. The van der Waals surface area contributed by atoms with Crippen molar-refractivity contribution in [2.24, 2.45) is 0 Å². The summed E-state index contributed by atoms with van der Waals surface area (Å²) in [5.74, 6) is -0.0771. The van der Waals surface area contributed by atoms with E-state index in [9.17, 15) is 9.18 Å². The van der Waals surface area contributed by atoms with Crippen LogP contribution in [0.2, 0.25) is 0 Å². The smallest absolute Gasteiger partial charge is 0.272 e. The third-order valence-corrected chi connectivity index (χ3v) is 4.13. The molecule has 0 aliphatic heterocycles. The molecule has 0 saturated heterocycles. The molecule has 0 atom stereocenters. The SMILES string of the molecule is Cc1cccc(Nc2ccc(C(=O)NCc3ccc(F)cc3)nn2)c1C. The number of carbonyl (C=O) groups excluding carboxylic acids is 1. The van der Waals surface area contributed by atoms with E-state index < -0.39 is 0 Å². The van der Waals surface area contributed by atoms with Crippen molar-refractivity contribution in [1.29, 1.82) is 0 Å². The second-order valence-corrected chi connectivity index (χ2v) is 5.99. The van der Waals surface area contributed by atoms with Gasteiger partial charge in [-0.25, -0.2) is 4.39 Å². The van der Waals surface area contributed by atoms with Crippen molar-refractivity contribution in [3.63, 3.8) is 0 Å². The number of nitrogens with zero attached hydrogens (tertiary/aromatic N) is 2. The number of nitrogens with one attached hydrogen (secondary N) is 2. The Bertz CT molecular complexity index is 908. The lowest BCUT2D eigenvalue weighted by Gasteiger charge is -2.10. The number of carbonyl (C=O) groups is 1. The molecule has 0 aliphatic rings. The van der Waals surface area contributed by atoms with Gasteiger partial charge in [0.1, 0.15) is 5.82 Å². The van der Waals surface area contributed by atoms with E-state index in [0.29, 0.717) is 12.4 Å². The van der Waals surface area contributed by atoms with Gasteiger partial charge >= 0.3 is 0 Å². The highest BCUT2D eigenvalue weighted by atomic mass is 19.1. The molecule has 2 N–H and O–H groups in total. The lowest BCUT2D eigenvalue weighted by Crippen LogP contribution is -2.24. The highest BCUT2D eigenvalue weighted by Gasteiger charge is 2.09. The summed E-state index contributed by atoms with van der Waals surface area (Å²) in [6.07, 6.45) is 0. The van der Waals surface area contributed by atoms with Crippen LogP contribution in [-0.2, 0) is 6.54 Å². The van der Waals surface area contributed by atoms with Crippen molar-refractivity contribution in [2.45, 2.75) is 20.4 Å². The fraction of sp³-hybridized carbons (Fsp3) is 0.150. The van der Waals surface area contributed by atoms with E-state index in [1.54, 1.807) is 24.3 Å². The number of halogens is 1. The van der Waals surface area contributed by atoms with Gasteiger partial charge in [-0.05, 0) is 60.9 Å². The summed E-state index contributed by atoms with van der Waals surface area (Å²) in [5.41, 5.74) is 4.29. The van der Waals surface area contributed by atoms with Crippen molar-refractivity contribution >= 4 is 17.4 Å². The van der Waals surface area contributed by atoms with E-state index in [2.05, 4.69) is 20.8 Å². The van der Waals surface area contributed by atoms with Gasteiger partial charge in [-0.1, -0.05) is 24.3 Å². The molecule has 0 bridgehead atoms. The molecular formula is C20H19FN4O. The average Bonchev–Trinajstić information content (AvgIpc) is 2.65. The minimum Gasteiger partial charge on any atom is -0.347 e. The standard InChI is InChI=1S/C20H19FN4O/c1-13-4-3-5-17(14(13)2)23-19-11-10-18(24-25-19)20(26)22-12-15-6-8-16(21)9-7-15/h3-11H,12H2,1-2H3,(H,22,26)(H,23,25). The Hall–Kier alpha value is -3.28. The maximum Gasteiger partial charge on any atom is 0.272 e. The van der Waals surface area contributed by atoms with E-state index in [4.69, 9.17) is 0 Å². The van der Waals surface area contributed by atoms with Crippen LogP contribution in [0.1, 0.15) is 27.2 Å². The number of hydrogen-bond donors (Lipinski definition) is 2. The van der Waals surface area contributed by atoms with Crippen LogP contribution in [0.3, 0.4) is 0 Å². The zero-order valence-electron chi connectivity index (χ0n) is 14.6. The lowest BCUT2D eigenvalue weighted by atomic mass is 10.1. The van der Waals surface area contributed by atoms with Crippen molar-refractivity contribution in [3.8, 4) is 0 Å². The Morgan fingerprint density at radius 1 is 1.00 bits per heavy atom. The molecule has 6 heteroatoms. The van der Waals surface area contributed by atoms with Crippen LogP contribution in [0.5, 0.6) is 0 Å². The molecule has 0 unspecified atom stereocenters. The molecule has 5 nitrogen and oxygen atoms in total. The fourth-order valence-corrected chi connectivity index (χ4v) is 2.42. The van der Waals surface area contributed by atoms with Gasteiger partial charge in [-0.3, -0.25) is 4.79 Å². The van der Waals surface area contributed by atoms with Crippen LogP contribution in [0.25, 0.3) is 0 Å². The third-order valence-electron chi connectivity index (χ3n) is 4.13. The minimum absolute atomic E-state index is 0.221. The summed E-state index contributed by atoms with van der Waals surface area (Å²) in [7, 11) is 0. The highest BCUT2D eigenvalue weighted by molar-refractivity contribution is 5.92. The monoisotopic (exact) mass is 350 g/mol. The number of aromatic nitrogens is 2. The van der Waals surface area contributed by atoms with Crippen molar-refractivity contribution in [2.75, 3.05) is 5.32 Å². The summed E-state index contributed by atoms with van der Waals surface area (Å²) in [6.45, 7) is 4.37. The minimum atomic E-state index is -0.333. The number of amides is 1. The van der Waals surface area contributed by atoms with E-state index >= 15 is 0 Å². The maximum atomic E-state index is 12.9. The van der Waals surface area contributed by atoms with Gasteiger partial charge in [0.05, 0.1) is 0 Å². The third kappa shape index (κ3) is 4.22. The number of anilines is 2. The van der Waals surface area contributed by atoms with Gasteiger partial charge in [0, 0.05) is 12.2 Å². The Kier molecular flexibility index (Phi) is 5.22. The van der Waals surface area contributed by atoms with E-state index in [1.807, 2.05) is 32.0 Å². The first-order valence-corrected chi connectivity index (χ1v) is 8.22. The predicted octanol–water partition coefficient (Wildman–Crippen LogP) is 3.91. The van der Waals surface area contributed by atoms with E-state index in [1.165, 1.54) is 17.7 Å². The Morgan fingerprint density at radius 2 is 1.77 bits per heavy atom. The number of aryl methyl sites for hydroxylation is 1. The van der Waals surface area contributed by atoms with Gasteiger partial charge < -0.3 is 10.6 Å². The molecule has 0 fully saturated rings. The zero-order valence-corrected chi connectivity index (χ0v) is 14.6. The fourth-order valence-electron chi connectivity index (χ4n) is 2.42. The first kappa shape index (κ1) is 17.5. The molecule has 132 valence electrons. The molecule has 0 radical (unpaired) electrons. The first-order chi connectivity index (χ1) is 12.5. The van der Waals surface area contributed by atoms with Gasteiger partial charge in [0.15, 0.2) is 11.5 Å². The molecular weight excluding hydrogens is 331 g/mol. The summed E-state index contributed by atoms with van der Waals surface area (Å²) in [5, 5.41) is 14.0. The molecule has 0 saturated carbocycles. The predicted molar refractivity (Wildman–Crippen MR) is 98.8 cm³/mol. The molecule has 1 aromatic heterocycles.